The van der Waals surface area contributed by atoms with Crippen LogP contribution in [0.3, 0.4) is 0 Å². The molecule has 0 aliphatic carbocycles. The summed E-state index contributed by atoms with van der Waals surface area (Å²) in [5.41, 5.74) is 5.39. The van der Waals surface area contributed by atoms with E-state index in [-0.39, 0.29) is 18.3 Å². The molecule has 0 aromatic carbocycles. The van der Waals surface area contributed by atoms with Gasteiger partial charge in [0.25, 0.3) is 0 Å². The monoisotopic (exact) mass is 222 g/mol. The van der Waals surface area contributed by atoms with Crippen molar-refractivity contribution in [2.75, 3.05) is 6.54 Å². The Hall–Kier alpha value is -0.810. The van der Waals surface area contributed by atoms with Gasteiger partial charge in [-0.2, -0.15) is 0 Å². The highest BCUT2D eigenvalue weighted by Gasteiger charge is 2.34. The maximum Gasteiger partial charge on any atom is 0.326 e. The molecule has 1 aliphatic heterocycles. The fourth-order valence-electron chi connectivity index (χ4n) is 1.55. The minimum absolute atomic E-state index is 0. The molecule has 1 fully saturated rings. The number of hydrogen-bond acceptors (Lipinski definition) is 3. The Bertz CT molecular complexity index is 233. The first-order valence-corrected chi connectivity index (χ1v) is 4.33. The second-order valence-electron chi connectivity index (χ2n) is 3.32. The molecule has 0 aromatic rings. The van der Waals surface area contributed by atoms with Gasteiger partial charge in [-0.3, -0.25) is 4.79 Å². The summed E-state index contributed by atoms with van der Waals surface area (Å²) >= 11 is 0. The highest BCUT2D eigenvalue weighted by Crippen LogP contribution is 2.17. The van der Waals surface area contributed by atoms with Crippen molar-refractivity contribution in [1.82, 2.24) is 4.90 Å². The molecule has 1 rings (SSSR count). The van der Waals surface area contributed by atoms with Gasteiger partial charge in [0.05, 0.1) is 6.04 Å². The van der Waals surface area contributed by atoms with Crippen LogP contribution in [0.2, 0.25) is 0 Å². The van der Waals surface area contributed by atoms with Gasteiger partial charge in [0, 0.05) is 6.54 Å². The molecule has 0 spiro atoms. The second-order valence-corrected chi connectivity index (χ2v) is 3.32. The van der Waals surface area contributed by atoms with Gasteiger partial charge in [0.15, 0.2) is 0 Å². The summed E-state index contributed by atoms with van der Waals surface area (Å²) in [4.78, 5) is 23.5. The Morgan fingerprint density at radius 1 is 1.57 bits per heavy atom. The second kappa shape index (κ2) is 5.17. The van der Waals surface area contributed by atoms with E-state index in [9.17, 15) is 9.59 Å². The lowest BCUT2D eigenvalue weighted by Crippen LogP contribution is -2.47. The topological polar surface area (TPSA) is 83.6 Å². The molecule has 0 saturated carbocycles. The van der Waals surface area contributed by atoms with Crippen LogP contribution in [0.5, 0.6) is 0 Å². The quantitative estimate of drug-likeness (QED) is 0.680. The average molecular weight is 223 g/mol. The highest BCUT2D eigenvalue weighted by atomic mass is 35.5. The number of nitrogens with two attached hydrogens (primary N) is 1. The molecule has 1 saturated heterocycles. The third kappa shape index (κ3) is 2.59. The fraction of sp³-hybridized carbons (Fsp3) is 0.750. The van der Waals surface area contributed by atoms with E-state index in [1.807, 2.05) is 0 Å². The number of aliphatic carboxylic acids is 1. The molecule has 6 heteroatoms. The molecular weight excluding hydrogens is 208 g/mol. The van der Waals surface area contributed by atoms with Gasteiger partial charge in [-0.1, -0.05) is 0 Å². The number of nitrogens with zero attached hydrogens (tertiary/aromatic N) is 1. The number of halogens is 1. The first kappa shape index (κ1) is 13.2. The summed E-state index contributed by atoms with van der Waals surface area (Å²) in [7, 11) is 0. The Morgan fingerprint density at radius 2 is 2.14 bits per heavy atom. The maximum atomic E-state index is 11.4. The molecule has 3 N–H and O–H groups in total. The van der Waals surface area contributed by atoms with Crippen molar-refractivity contribution >= 4 is 24.3 Å². The Kier molecular flexibility index (Phi) is 4.87. The van der Waals surface area contributed by atoms with Crippen molar-refractivity contribution in [3.63, 3.8) is 0 Å². The predicted molar refractivity (Wildman–Crippen MR) is 53.3 cm³/mol. The van der Waals surface area contributed by atoms with E-state index in [4.69, 9.17) is 10.8 Å². The van der Waals surface area contributed by atoms with Crippen LogP contribution in [0.1, 0.15) is 19.8 Å². The van der Waals surface area contributed by atoms with Crippen LogP contribution >= 0.6 is 12.4 Å². The summed E-state index contributed by atoms with van der Waals surface area (Å²) in [5, 5.41) is 8.78. The summed E-state index contributed by atoms with van der Waals surface area (Å²) in [5.74, 6) is -1.21. The zero-order valence-electron chi connectivity index (χ0n) is 7.97. The number of hydrogen-bond donors (Lipinski definition) is 2. The van der Waals surface area contributed by atoms with Gasteiger partial charge in [-0.25, -0.2) is 4.79 Å². The minimum Gasteiger partial charge on any atom is -0.480 e. The minimum atomic E-state index is -0.938. The van der Waals surface area contributed by atoms with Crippen molar-refractivity contribution in [2.45, 2.75) is 31.8 Å². The highest BCUT2D eigenvalue weighted by molar-refractivity contribution is 5.87. The van der Waals surface area contributed by atoms with E-state index in [0.717, 1.165) is 6.42 Å². The van der Waals surface area contributed by atoms with Gasteiger partial charge < -0.3 is 15.7 Å². The predicted octanol–water partition coefficient (Wildman–Crippen LogP) is -0.169. The zero-order valence-corrected chi connectivity index (χ0v) is 8.79. The normalized spacial score (nSPS) is 22.7. The molecule has 5 nitrogen and oxygen atoms in total. The number of carboxylic acids is 1. The van der Waals surface area contributed by atoms with Crippen molar-refractivity contribution in [1.29, 1.82) is 0 Å². The number of amides is 1. The molecule has 1 amide bonds. The fourth-order valence-corrected chi connectivity index (χ4v) is 1.55. The third-order valence-electron chi connectivity index (χ3n) is 2.21. The Labute approximate surface area is 88.7 Å². The molecule has 14 heavy (non-hydrogen) atoms. The van der Waals surface area contributed by atoms with E-state index >= 15 is 0 Å². The van der Waals surface area contributed by atoms with Crippen LogP contribution in [-0.2, 0) is 9.59 Å². The summed E-state index contributed by atoms with van der Waals surface area (Å²) in [6.07, 6.45) is 1.28. The van der Waals surface area contributed by atoms with Gasteiger partial charge in [0.1, 0.15) is 6.04 Å². The van der Waals surface area contributed by atoms with Crippen molar-refractivity contribution in [3.05, 3.63) is 0 Å². The maximum absolute atomic E-state index is 11.4. The summed E-state index contributed by atoms with van der Waals surface area (Å²) in [6.45, 7) is 2.08. The first-order chi connectivity index (χ1) is 6.04. The molecule has 0 unspecified atom stereocenters. The third-order valence-corrected chi connectivity index (χ3v) is 2.21. The number of carboxylic acid groups (broad SMARTS) is 1. The largest absolute Gasteiger partial charge is 0.480 e. The van der Waals surface area contributed by atoms with Crippen LogP contribution < -0.4 is 5.73 Å². The molecule has 82 valence electrons. The van der Waals surface area contributed by atoms with Gasteiger partial charge in [-0.15, -0.1) is 12.4 Å². The van der Waals surface area contributed by atoms with E-state index in [1.165, 1.54) is 4.90 Å². The van der Waals surface area contributed by atoms with E-state index in [2.05, 4.69) is 0 Å². The number of rotatable bonds is 2. The van der Waals surface area contributed by atoms with Crippen LogP contribution in [-0.4, -0.2) is 40.5 Å². The number of carbonyl (C=O) groups is 2. The van der Waals surface area contributed by atoms with Crippen molar-refractivity contribution < 1.29 is 14.7 Å². The molecule has 0 bridgehead atoms. The zero-order chi connectivity index (χ0) is 10.0. The lowest BCUT2D eigenvalue weighted by Gasteiger charge is -2.22. The average Bonchev–Trinajstić information content (AvgIpc) is 2.50. The van der Waals surface area contributed by atoms with Crippen LogP contribution in [0, 0.1) is 0 Å². The van der Waals surface area contributed by atoms with E-state index in [0.29, 0.717) is 13.0 Å². The number of carbonyl (C=O) groups excluding carboxylic acids is 1. The van der Waals surface area contributed by atoms with Crippen molar-refractivity contribution in [3.8, 4) is 0 Å². The molecule has 1 heterocycles. The molecular formula is C8H15ClN2O3. The lowest BCUT2D eigenvalue weighted by atomic mass is 10.2. The van der Waals surface area contributed by atoms with Gasteiger partial charge in [-0.05, 0) is 19.8 Å². The molecule has 1 aliphatic rings. The van der Waals surface area contributed by atoms with Crippen LogP contribution in [0.4, 0.5) is 0 Å². The van der Waals surface area contributed by atoms with E-state index in [1.54, 1.807) is 6.92 Å². The SMILES string of the molecule is C[C@@H](N)C(=O)N1CCC[C@H]1C(=O)O.Cl. The molecule has 0 aromatic heterocycles. The first-order valence-electron chi connectivity index (χ1n) is 4.33. The van der Waals surface area contributed by atoms with Crippen LogP contribution in [0.25, 0.3) is 0 Å². The van der Waals surface area contributed by atoms with Gasteiger partial charge in [0.2, 0.25) is 5.91 Å². The standard InChI is InChI=1S/C8H14N2O3.ClH/c1-5(9)7(11)10-4-2-3-6(10)8(12)13;/h5-6H,2-4,9H2,1H3,(H,12,13);1H/t5-,6+;/m1./s1. The summed E-state index contributed by atoms with van der Waals surface area (Å²) < 4.78 is 0. The van der Waals surface area contributed by atoms with E-state index < -0.39 is 18.1 Å². The smallest absolute Gasteiger partial charge is 0.326 e. The Balaban J connectivity index is 0.00000169. The van der Waals surface area contributed by atoms with Crippen LogP contribution in [0.15, 0.2) is 0 Å². The molecule has 0 radical (unpaired) electrons. The van der Waals surface area contributed by atoms with Crippen molar-refractivity contribution in [2.24, 2.45) is 5.73 Å². The Morgan fingerprint density at radius 3 is 2.57 bits per heavy atom. The lowest BCUT2D eigenvalue weighted by molar-refractivity contribution is -0.148. The summed E-state index contributed by atoms with van der Waals surface area (Å²) in [6, 6.07) is -1.28. The molecule has 2 atom stereocenters. The van der Waals surface area contributed by atoms with Gasteiger partial charge >= 0.3 is 5.97 Å². The number of likely N-dealkylation sites (tertiary alicyclic amines) is 1.